The lowest BCUT2D eigenvalue weighted by Gasteiger charge is -2.14. The molecular formula is C16H16N2O2. The van der Waals surface area contributed by atoms with Crippen molar-refractivity contribution in [2.24, 2.45) is 0 Å². The number of hydrogen-bond donors (Lipinski definition) is 1. The number of methoxy groups -OCH3 is 2. The van der Waals surface area contributed by atoms with Crippen LogP contribution in [0.15, 0.2) is 48.5 Å². The molecule has 0 aliphatic heterocycles. The van der Waals surface area contributed by atoms with Crippen LogP contribution in [-0.2, 0) is 0 Å². The first-order chi connectivity index (χ1) is 9.76. The third-order valence-electron chi connectivity index (χ3n) is 2.94. The van der Waals surface area contributed by atoms with Gasteiger partial charge in [0.2, 0.25) is 0 Å². The topological polar surface area (TPSA) is 54.3 Å². The molecule has 20 heavy (non-hydrogen) atoms. The summed E-state index contributed by atoms with van der Waals surface area (Å²) in [5, 5.41) is 12.5. The van der Waals surface area contributed by atoms with Crippen LogP contribution in [0.2, 0.25) is 0 Å². The van der Waals surface area contributed by atoms with Crippen LogP contribution in [0.5, 0.6) is 11.5 Å². The monoisotopic (exact) mass is 268 g/mol. The van der Waals surface area contributed by atoms with Crippen molar-refractivity contribution in [2.45, 2.75) is 6.04 Å². The van der Waals surface area contributed by atoms with Gasteiger partial charge in [-0.1, -0.05) is 18.2 Å². The normalized spacial score (nSPS) is 11.2. The van der Waals surface area contributed by atoms with Crippen LogP contribution in [-0.4, -0.2) is 14.2 Å². The van der Waals surface area contributed by atoms with Crippen molar-refractivity contribution >= 4 is 5.69 Å². The minimum atomic E-state index is -0.447. The van der Waals surface area contributed by atoms with Crippen molar-refractivity contribution < 1.29 is 9.47 Å². The van der Waals surface area contributed by atoms with Gasteiger partial charge in [0.25, 0.3) is 0 Å². The molecule has 0 heterocycles. The van der Waals surface area contributed by atoms with Gasteiger partial charge in [-0.25, -0.2) is 0 Å². The lowest BCUT2D eigenvalue weighted by molar-refractivity contribution is 0.414. The molecule has 0 radical (unpaired) electrons. The van der Waals surface area contributed by atoms with E-state index in [1.807, 2.05) is 48.5 Å². The number of benzene rings is 2. The van der Waals surface area contributed by atoms with E-state index >= 15 is 0 Å². The predicted molar refractivity (Wildman–Crippen MR) is 78.0 cm³/mol. The number of anilines is 1. The van der Waals surface area contributed by atoms with Gasteiger partial charge in [-0.15, -0.1) is 0 Å². The van der Waals surface area contributed by atoms with E-state index in [1.165, 1.54) is 0 Å². The van der Waals surface area contributed by atoms with Crippen LogP contribution < -0.4 is 14.8 Å². The van der Waals surface area contributed by atoms with Gasteiger partial charge in [0.1, 0.15) is 17.5 Å². The number of hydrogen-bond acceptors (Lipinski definition) is 4. The van der Waals surface area contributed by atoms with E-state index in [4.69, 9.17) is 9.47 Å². The van der Waals surface area contributed by atoms with Crippen molar-refractivity contribution in [1.29, 1.82) is 5.26 Å². The summed E-state index contributed by atoms with van der Waals surface area (Å²) >= 11 is 0. The number of nitrogens with zero attached hydrogens (tertiary/aromatic N) is 1. The van der Waals surface area contributed by atoms with E-state index in [9.17, 15) is 5.26 Å². The molecular weight excluding hydrogens is 252 g/mol. The lowest BCUT2D eigenvalue weighted by Crippen LogP contribution is -2.08. The number of rotatable bonds is 5. The first-order valence-corrected chi connectivity index (χ1v) is 6.21. The van der Waals surface area contributed by atoms with E-state index in [2.05, 4.69) is 11.4 Å². The molecule has 0 bridgehead atoms. The van der Waals surface area contributed by atoms with Gasteiger partial charge >= 0.3 is 0 Å². The molecule has 0 aromatic heterocycles. The van der Waals surface area contributed by atoms with Gasteiger partial charge in [0, 0.05) is 11.8 Å². The summed E-state index contributed by atoms with van der Waals surface area (Å²) in [7, 11) is 3.22. The highest BCUT2D eigenvalue weighted by Gasteiger charge is 2.11. The molecule has 0 spiro atoms. The molecule has 0 fully saturated rings. The minimum Gasteiger partial charge on any atom is -0.497 e. The third kappa shape index (κ3) is 3.21. The van der Waals surface area contributed by atoms with Gasteiger partial charge in [-0.3, -0.25) is 0 Å². The summed E-state index contributed by atoms with van der Waals surface area (Å²) < 4.78 is 10.3. The van der Waals surface area contributed by atoms with Gasteiger partial charge < -0.3 is 14.8 Å². The Morgan fingerprint density at radius 3 is 2.30 bits per heavy atom. The fraction of sp³-hybridized carbons (Fsp3) is 0.188. The van der Waals surface area contributed by atoms with Crippen LogP contribution in [0.1, 0.15) is 11.6 Å². The highest BCUT2D eigenvalue weighted by molar-refractivity contribution is 5.51. The van der Waals surface area contributed by atoms with Crippen LogP contribution >= 0.6 is 0 Å². The molecule has 1 unspecified atom stereocenters. The van der Waals surface area contributed by atoms with Crippen molar-refractivity contribution in [1.82, 2.24) is 0 Å². The summed E-state index contributed by atoms with van der Waals surface area (Å²) in [6.07, 6.45) is 0. The van der Waals surface area contributed by atoms with Gasteiger partial charge in [-0.05, 0) is 29.8 Å². The Bertz CT molecular complexity index is 620. The number of nitriles is 1. The summed E-state index contributed by atoms with van der Waals surface area (Å²) in [5.41, 5.74) is 1.69. The second-order valence-corrected chi connectivity index (χ2v) is 4.22. The smallest absolute Gasteiger partial charge is 0.140 e. The predicted octanol–water partition coefficient (Wildman–Crippen LogP) is 3.38. The Balaban J connectivity index is 2.22. The molecule has 0 saturated heterocycles. The first-order valence-electron chi connectivity index (χ1n) is 6.21. The molecule has 2 rings (SSSR count). The van der Waals surface area contributed by atoms with Gasteiger partial charge in [-0.2, -0.15) is 5.26 Å². The largest absolute Gasteiger partial charge is 0.497 e. The summed E-state index contributed by atoms with van der Waals surface area (Å²) in [6.45, 7) is 0. The molecule has 1 N–H and O–H groups in total. The average Bonchev–Trinajstić information content (AvgIpc) is 2.52. The summed E-state index contributed by atoms with van der Waals surface area (Å²) in [5.74, 6) is 1.48. The molecule has 0 amide bonds. The number of nitrogens with one attached hydrogen (secondary N) is 1. The first kappa shape index (κ1) is 13.8. The van der Waals surface area contributed by atoms with Crippen LogP contribution in [0.3, 0.4) is 0 Å². The van der Waals surface area contributed by atoms with Crippen LogP contribution in [0.4, 0.5) is 5.69 Å². The van der Waals surface area contributed by atoms with Crippen LogP contribution in [0.25, 0.3) is 0 Å². The SMILES string of the molecule is COc1cccc(NC(C#N)c2cccc(OC)c2)c1. The molecule has 2 aromatic rings. The highest BCUT2D eigenvalue weighted by atomic mass is 16.5. The van der Waals surface area contributed by atoms with E-state index in [0.717, 1.165) is 22.7 Å². The molecule has 4 heteroatoms. The third-order valence-corrected chi connectivity index (χ3v) is 2.94. The average molecular weight is 268 g/mol. The summed E-state index contributed by atoms with van der Waals surface area (Å²) in [4.78, 5) is 0. The van der Waals surface area contributed by atoms with Gasteiger partial charge in [0.15, 0.2) is 0 Å². The zero-order valence-electron chi connectivity index (χ0n) is 11.5. The van der Waals surface area contributed by atoms with Crippen molar-refractivity contribution in [3.05, 3.63) is 54.1 Å². The second kappa shape index (κ2) is 6.48. The van der Waals surface area contributed by atoms with Crippen LogP contribution in [0, 0.1) is 11.3 Å². The lowest BCUT2D eigenvalue weighted by atomic mass is 10.1. The van der Waals surface area contributed by atoms with Crippen molar-refractivity contribution in [3.63, 3.8) is 0 Å². The maximum atomic E-state index is 9.35. The molecule has 0 saturated carbocycles. The standard InChI is InChI=1S/C16H16N2O2/c1-19-14-7-3-5-12(9-14)16(11-17)18-13-6-4-8-15(10-13)20-2/h3-10,16,18H,1-2H3. The van der Waals surface area contributed by atoms with Gasteiger partial charge in [0.05, 0.1) is 20.3 Å². The summed E-state index contributed by atoms with van der Waals surface area (Å²) in [6, 6.07) is 16.7. The Morgan fingerprint density at radius 2 is 1.65 bits per heavy atom. The Labute approximate surface area is 118 Å². The van der Waals surface area contributed by atoms with Crippen molar-refractivity contribution in [3.8, 4) is 17.6 Å². The van der Waals surface area contributed by atoms with E-state index in [0.29, 0.717) is 0 Å². The maximum absolute atomic E-state index is 9.35. The quantitative estimate of drug-likeness (QED) is 0.903. The second-order valence-electron chi connectivity index (χ2n) is 4.22. The molecule has 0 aliphatic rings. The Kier molecular flexibility index (Phi) is 4.46. The zero-order valence-corrected chi connectivity index (χ0v) is 11.5. The molecule has 1 atom stereocenters. The zero-order chi connectivity index (χ0) is 14.4. The molecule has 102 valence electrons. The minimum absolute atomic E-state index is 0.447. The van der Waals surface area contributed by atoms with Crippen molar-refractivity contribution in [2.75, 3.05) is 19.5 Å². The number of ether oxygens (including phenoxy) is 2. The fourth-order valence-corrected chi connectivity index (χ4v) is 1.89. The van der Waals surface area contributed by atoms with E-state index in [-0.39, 0.29) is 0 Å². The van der Waals surface area contributed by atoms with E-state index in [1.54, 1.807) is 14.2 Å². The highest BCUT2D eigenvalue weighted by Crippen LogP contribution is 2.24. The molecule has 0 aliphatic carbocycles. The fourth-order valence-electron chi connectivity index (χ4n) is 1.89. The molecule has 4 nitrogen and oxygen atoms in total. The Morgan fingerprint density at radius 1 is 1.00 bits per heavy atom. The molecule has 2 aromatic carbocycles. The Hall–Kier alpha value is -2.67. The van der Waals surface area contributed by atoms with E-state index < -0.39 is 6.04 Å². The maximum Gasteiger partial charge on any atom is 0.140 e.